The number of rotatable bonds is 6. The molecule has 6 heteroatoms. The Morgan fingerprint density at radius 3 is 2.00 bits per heavy atom. The van der Waals surface area contributed by atoms with E-state index in [2.05, 4.69) is 0 Å². The van der Waals surface area contributed by atoms with Gasteiger partial charge in [0.2, 0.25) is 5.24 Å². The number of hydrogen-bond acceptors (Lipinski definition) is 4. The lowest BCUT2D eigenvalue weighted by molar-refractivity contribution is -0.111. The van der Waals surface area contributed by atoms with E-state index < -0.39 is 18.5 Å². The molecule has 0 aromatic rings. The summed E-state index contributed by atoms with van der Waals surface area (Å²) in [6, 6.07) is 0. The van der Waals surface area contributed by atoms with Gasteiger partial charge in [0.25, 0.3) is 0 Å². The van der Waals surface area contributed by atoms with E-state index in [0.29, 0.717) is 0 Å². The highest BCUT2D eigenvalue weighted by Gasteiger charge is 2.36. The fraction of sp³-hybridized carbons (Fsp3) is 0.857. The largest absolute Gasteiger partial charge is 0.342 e. The van der Waals surface area contributed by atoms with Gasteiger partial charge in [0, 0.05) is 0 Å². The first-order valence-corrected chi connectivity index (χ1v) is 6.05. The molecule has 1 atom stereocenters. The Labute approximate surface area is 83.1 Å². The van der Waals surface area contributed by atoms with Crippen molar-refractivity contribution in [3.63, 3.8) is 0 Å². The predicted octanol–water partition coefficient (Wildman–Crippen LogP) is 2.41. The molecule has 1 unspecified atom stereocenters. The molecular weight excluding hydrogens is 214 g/mol. The van der Waals surface area contributed by atoms with Gasteiger partial charge in [-0.1, -0.05) is 0 Å². The Morgan fingerprint density at radius 1 is 1.38 bits per heavy atom. The molecule has 0 heterocycles. The number of carbonyl (C=O) groups is 1. The lowest BCUT2D eigenvalue weighted by Gasteiger charge is -2.20. The zero-order valence-corrected chi connectivity index (χ0v) is 9.60. The number of carbonyl (C=O) groups excluding carboxylic acids is 1. The highest BCUT2D eigenvalue weighted by atomic mass is 35.5. The summed E-state index contributed by atoms with van der Waals surface area (Å²) in [6.45, 7) is 5.24. The van der Waals surface area contributed by atoms with Gasteiger partial charge in [-0.3, -0.25) is 9.36 Å². The van der Waals surface area contributed by atoms with E-state index in [-0.39, 0.29) is 13.2 Å². The van der Waals surface area contributed by atoms with E-state index in [1.807, 2.05) is 0 Å². The second-order valence-electron chi connectivity index (χ2n) is 2.36. The number of halogens is 1. The topological polar surface area (TPSA) is 52.6 Å². The van der Waals surface area contributed by atoms with Gasteiger partial charge >= 0.3 is 7.60 Å². The van der Waals surface area contributed by atoms with Crippen LogP contribution in [0, 0.1) is 0 Å². The Balaban J connectivity index is 4.57. The molecule has 4 nitrogen and oxygen atoms in total. The summed E-state index contributed by atoms with van der Waals surface area (Å²) < 4.78 is 21.6. The highest BCUT2D eigenvalue weighted by molar-refractivity contribution is 7.56. The van der Waals surface area contributed by atoms with Gasteiger partial charge in [-0.25, -0.2) is 0 Å². The van der Waals surface area contributed by atoms with Crippen LogP contribution < -0.4 is 0 Å². The quantitative estimate of drug-likeness (QED) is 0.517. The van der Waals surface area contributed by atoms with Crippen molar-refractivity contribution < 1.29 is 18.4 Å². The fourth-order valence-corrected chi connectivity index (χ4v) is 2.59. The number of hydrogen-bond donors (Lipinski definition) is 0. The van der Waals surface area contributed by atoms with Gasteiger partial charge in [-0.05, 0) is 32.4 Å². The van der Waals surface area contributed by atoms with Gasteiger partial charge < -0.3 is 9.05 Å². The molecule has 0 aromatic heterocycles. The van der Waals surface area contributed by atoms with Crippen molar-refractivity contribution in [2.75, 3.05) is 13.2 Å². The summed E-state index contributed by atoms with van der Waals surface area (Å²) in [4.78, 5) is 10.8. The molecular formula is C7H14ClO4P. The fourth-order valence-electron chi connectivity index (χ4n) is 0.745. The van der Waals surface area contributed by atoms with Crippen molar-refractivity contribution in [2.24, 2.45) is 0 Å². The monoisotopic (exact) mass is 228 g/mol. The molecule has 0 bridgehead atoms. The molecule has 0 spiro atoms. The van der Waals surface area contributed by atoms with E-state index in [0.717, 1.165) is 0 Å². The molecule has 0 aliphatic rings. The van der Waals surface area contributed by atoms with Crippen molar-refractivity contribution in [3.8, 4) is 0 Å². The maximum atomic E-state index is 11.8. The molecule has 0 aliphatic carbocycles. The zero-order chi connectivity index (χ0) is 10.5. The predicted molar refractivity (Wildman–Crippen MR) is 51.2 cm³/mol. The second kappa shape index (κ2) is 5.76. The molecule has 0 saturated heterocycles. The normalized spacial score (nSPS) is 14.2. The maximum absolute atomic E-state index is 11.8. The second-order valence-corrected chi connectivity index (χ2v) is 5.10. The SMILES string of the molecule is CCOP(=O)(OCC)C(C)C(=O)Cl. The zero-order valence-electron chi connectivity index (χ0n) is 7.95. The minimum Gasteiger partial charge on any atom is -0.308 e. The van der Waals surface area contributed by atoms with Crippen LogP contribution in [0.25, 0.3) is 0 Å². The summed E-state index contributed by atoms with van der Waals surface area (Å²) in [6.07, 6.45) is 0. The Bertz CT molecular complexity index is 209. The molecule has 0 radical (unpaired) electrons. The van der Waals surface area contributed by atoms with Crippen LogP contribution >= 0.6 is 19.2 Å². The minimum absolute atomic E-state index is 0.228. The third-order valence-corrected chi connectivity index (χ3v) is 4.32. The standard InChI is InChI=1S/C7H14ClO4P/c1-4-11-13(10,12-5-2)6(3)7(8)9/h6H,4-5H2,1-3H3. The van der Waals surface area contributed by atoms with Crippen LogP contribution in [-0.4, -0.2) is 24.1 Å². The summed E-state index contributed by atoms with van der Waals surface area (Å²) >= 11 is 5.21. The minimum atomic E-state index is -3.35. The first-order valence-electron chi connectivity index (χ1n) is 4.06. The van der Waals surface area contributed by atoms with Gasteiger partial charge in [0.15, 0.2) is 0 Å². The average Bonchev–Trinajstić information content (AvgIpc) is 2.03. The molecule has 13 heavy (non-hydrogen) atoms. The Kier molecular flexibility index (Phi) is 5.81. The van der Waals surface area contributed by atoms with Gasteiger partial charge in [0.05, 0.1) is 13.2 Å². The van der Waals surface area contributed by atoms with E-state index >= 15 is 0 Å². The first kappa shape index (κ1) is 13.1. The third-order valence-electron chi connectivity index (χ3n) is 1.42. The van der Waals surface area contributed by atoms with Crippen molar-refractivity contribution in [2.45, 2.75) is 26.4 Å². The molecule has 0 fully saturated rings. The molecule has 0 rings (SSSR count). The smallest absolute Gasteiger partial charge is 0.308 e. The molecule has 0 N–H and O–H groups in total. The molecule has 0 aromatic carbocycles. The van der Waals surface area contributed by atoms with Crippen LogP contribution in [0.5, 0.6) is 0 Å². The lowest BCUT2D eigenvalue weighted by Crippen LogP contribution is -2.15. The van der Waals surface area contributed by atoms with Crippen LogP contribution in [0.1, 0.15) is 20.8 Å². The van der Waals surface area contributed by atoms with Crippen LogP contribution in [0.15, 0.2) is 0 Å². The van der Waals surface area contributed by atoms with Crippen molar-refractivity contribution in [3.05, 3.63) is 0 Å². The van der Waals surface area contributed by atoms with Crippen LogP contribution in [0.3, 0.4) is 0 Å². The van der Waals surface area contributed by atoms with Crippen molar-refractivity contribution in [1.82, 2.24) is 0 Å². The van der Waals surface area contributed by atoms with E-state index in [1.54, 1.807) is 13.8 Å². The third kappa shape index (κ3) is 3.77. The summed E-state index contributed by atoms with van der Waals surface area (Å²) in [7, 11) is -3.35. The first-order chi connectivity index (χ1) is 5.98. The van der Waals surface area contributed by atoms with E-state index in [1.165, 1.54) is 6.92 Å². The Morgan fingerprint density at radius 2 is 1.77 bits per heavy atom. The van der Waals surface area contributed by atoms with E-state index in [4.69, 9.17) is 20.6 Å². The van der Waals surface area contributed by atoms with Gasteiger partial charge in [0.1, 0.15) is 5.66 Å². The van der Waals surface area contributed by atoms with Gasteiger partial charge in [-0.2, -0.15) is 0 Å². The van der Waals surface area contributed by atoms with Crippen molar-refractivity contribution >= 4 is 24.4 Å². The molecule has 0 aliphatic heterocycles. The summed E-state index contributed by atoms with van der Waals surface area (Å²) in [5.41, 5.74) is -0.908. The van der Waals surface area contributed by atoms with Crippen LogP contribution in [0.2, 0.25) is 0 Å². The molecule has 0 saturated carbocycles. The van der Waals surface area contributed by atoms with Crippen LogP contribution in [-0.2, 0) is 18.4 Å². The maximum Gasteiger partial charge on any atom is 0.342 e. The summed E-state index contributed by atoms with van der Waals surface area (Å²) in [5, 5.41) is -0.703. The lowest BCUT2D eigenvalue weighted by atomic mass is 10.5. The van der Waals surface area contributed by atoms with Gasteiger partial charge in [-0.15, -0.1) is 0 Å². The van der Waals surface area contributed by atoms with E-state index in [9.17, 15) is 9.36 Å². The summed E-state index contributed by atoms with van der Waals surface area (Å²) in [5.74, 6) is 0. The van der Waals surface area contributed by atoms with Crippen LogP contribution in [0.4, 0.5) is 0 Å². The van der Waals surface area contributed by atoms with Crippen molar-refractivity contribution in [1.29, 1.82) is 0 Å². The highest BCUT2D eigenvalue weighted by Crippen LogP contribution is 2.53. The molecule has 0 amide bonds. The average molecular weight is 229 g/mol. The Hall–Kier alpha value is 0.110. The molecule has 78 valence electrons.